The van der Waals surface area contributed by atoms with Gasteiger partial charge in [0.2, 0.25) is 5.91 Å². The zero-order chi connectivity index (χ0) is 22.3. The number of esters is 1. The third kappa shape index (κ3) is 6.31. The first-order valence-electron chi connectivity index (χ1n) is 9.72. The lowest BCUT2D eigenvalue weighted by Crippen LogP contribution is -2.29. The molecule has 1 amide bonds. The molecule has 1 atom stereocenters. The van der Waals surface area contributed by atoms with Gasteiger partial charge >= 0.3 is 5.97 Å². The molecular weight excluding hydrogens is 385 g/mol. The molecule has 0 radical (unpaired) electrons. The van der Waals surface area contributed by atoms with Gasteiger partial charge in [0.05, 0.1) is 17.8 Å². The van der Waals surface area contributed by atoms with Crippen molar-refractivity contribution in [3.05, 3.63) is 53.8 Å². The minimum atomic E-state index is -0.699. The molecule has 0 heterocycles. The molecule has 0 fully saturated rings. The van der Waals surface area contributed by atoms with E-state index in [9.17, 15) is 19.2 Å². The van der Waals surface area contributed by atoms with Gasteiger partial charge in [-0.05, 0) is 51.5 Å². The molecule has 0 aromatic heterocycles. The summed E-state index contributed by atoms with van der Waals surface area (Å²) in [5.41, 5.74) is 0.193. The molecule has 0 aliphatic heterocycles. The molecule has 2 N–H and O–H groups in total. The van der Waals surface area contributed by atoms with E-state index in [2.05, 4.69) is 10.6 Å². The predicted molar refractivity (Wildman–Crippen MR) is 114 cm³/mol. The van der Waals surface area contributed by atoms with Gasteiger partial charge in [-0.25, -0.2) is 4.39 Å². The van der Waals surface area contributed by atoms with Crippen LogP contribution in [0.1, 0.15) is 46.1 Å². The average Bonchev–Trinajstić information content (AvgIpc) is 2.67. The highest BCUT2D eigenvalue weighted by Crippen LogP contribution is 2.32. The summed E-state index contributed by atoms with van der Waals surface area (Å²) in [4.78, 5) is 24.9. The fourth-order valence-corrected chi connectivity index (χ4v) is 2.83. The average molecular weight is 411 g/mol. The molecular formula is C23H26FN3O3. The summed E-state index contributed by atoms with van der Waals surface area (Å²) < 4.78 is 19.5. The topological polar surface area (TPSA) is 91.2 Å². The van der Waals surface area contributed by atoms with Crippen molar-refractivity contribution in [3.8, 4) is 6.07 Å². The fourth-order valence-electron chi connectivity index (χ4n) is 2.83. The highest BCUT2D eigenvalue weighted by Gasteiger charge is 2.25. The van der Waals surface area contributed by atoms with Crippen molar-refractivity contribution in [2.45, 2.75) is 46.1 Å². The molecule has 0 saturated carbocycles. The number of ether oxygens (including phenoxy) is 1. The molecule has 30 heavy (non-hydrogen) atoms. The Morgan fingerprint density at radius 1 is 1.17 bits per heavy atom. The molecule has 0 aliphatic rings. The van der Waals surface area contributed by atoms with Crippen molar-refractivity contribution in [3.63, 3.8) is 0 Å². The van der Waals surface area contributed by atoms with Gasteiger partial charge in [-0.15, -0.1) is 0 Å². The molecule has 0 spiro atoms. The summed E-state index contributed by atoms with van der Waals surface area (Å²) in [5.74, 6) is -2.20. The minimum absolute atomic E-state index is 0.0760. The van der Waals surface area contributed by atoms with Crippen LogP contribution in [0.3, 0.4) is 0 Å². The quantitative estimate of drug-likeness (QED) is 0.616. The third-order valence-corrected chi connectivity index (χ3v) is 4.26. The van der Waals surface area contributed by atoms with Crippen LogP contribution in [0.15, 0.2) is 42.5 Å². The molecule has 2 aromatic carbocycles. The van der Waals surface area contributed by atoms with Gasteiger partial charge in [-0.1, -0.05) is 25.1 Å². The largest absolute Gasteiger partial charge is 0.460 e. The molecule has 2 rings (SSSR count). The molecule has 0 unspecified atom stereocenters. The molecule has 7 heteroatoms. The van der Waals surface area contributed by atoms with Crippen LogP contribution in [0, 0.1) is 23.1 Å². The summed E-state index contributed by atoms with van der Waals surface area (Å²) in [7, 11) is 0. The Morgan fingerprint density at radius 2 is 1.83 bits per heavy atom. The Labute approximate surface area is 176 Å². The van der Waals surface area contributed by atoms with Crippen molar-refractivity contribution in [1.82, 2.24) is 0 Å². The number of nitriles is 1. The van der Waals surface area contributed by atoms with E-state index in [1.165, 1.54) is 6.07 Å². The fraction of sp³-hybridized carbons (Fsp3) is 0.348. The van der Waals surface area contributed by atoms with E-state index in [1.54, 1.807) is 52.0 Å². The molecule has 158 valence electrons. The van der Waals surface area contributed by atoms with Gasteiger partial charge in [0, 0.05) is 11.6 Å². The number of para-hydroxylation sites is 1. The van der Waals surface area contributed by atoms with Crippen molar-refractivity contribution < 1.29 is 18.7 Å². The first kappa shape index (κ1) is 22.9. The molecule has 0 saturated heterocycles. The van der Waals surface area contributed by atoms with E-state index in [0.717, 1.165) is 6.07 Å². The van der Waals surface area contributed by atoms with Gasteiger partial charge in [0.15, 0.2) is 0 Å². The number of amides is 1. The Hall–Kier alpha value is -3.40. The van der Waals surface area contributed by atoms with Crippen LogP contribution >= 0.6 is 0 Å². The summed E-state index contributed by atoms with van der Waals surface area (Å²) in [6.07, 6.45) is 0.339. The number of anilines is 3. The van der Waals surface area contributed by atoms with Crippen LogP contribution in [-0.4, -0.2) is 17.5 Å². The van der Waals surface area contributed by atoms with Gasteiger partial charge < -0.3 is 15.4 Å². The smallest absolute Gasteiger partial charge is 0.307 e. The van der Waals surface area contributed by atoms with Gasteiger partial charge in [-0.2, -0.15) is 5.26 Å². The van der Waals surface area contributed by atoms with Crippen LogP contribution in [0.25, 0.3) is 0 Å². The summed E-state index contributed by atoms with van der Waals surface area (Å²) in [5, 5.41) is 15.1. The molecule has 0 bridgehead atoms. The van der Waals surface area contributed by atoms with E-state index < -0.39 is 29.2 Å². The second kappa shape index (κ2) is 9.88. The van der Waals surface area contributed by atoms with Crippen LogP contribution in [-0.2, 0) is 14.3 Å². The van der Waals surface area contributed by atoms with Crippen LogP contribution in [0.2, 0.25) is 0 Å². The highest BCUT2D eigenvalue weighted by atomic mass is 19.1. The lowest BCUT2D eigenvalue weighted by atomic mass is 10.0. The van der Waals surface area contributed by atoms with E-state index in [-0.39, 0.29) is 23.4 Å². The Kier molecular flexibility index (Phi) is 7.54. The maximum atomic E-state index is 14.2. The van der Waals surface area contributed by atoms with E-state index in [0.29, 0.717) is 12.1 Å². The number of nitrogens with zero attached hydrogens (tertiary/aromatic N) is 1. The molecule has 0 aliphatic carbocycles. The van der Waals surface area contributed by atoms with Crippen molar-refractivity contribution in [2.24, 2.45) is 5.92 Å². The summed E-state index contributed by atoms with van der Waals surface area (Å²) in [6.45, 7) is 7.07. The number of hydrogen-bond acceptors (Lipinski definition) is 5. The van der Waals surface area contributed by atoms with Gasteiger partial charge in [-0.3, -0.25) is 9.59 Å². The number of carbonyl (C=O) groups excluding carboxylic acids is 2. The Bertz CT molecular complexity index is 947. The Balaban J connectivity index is 2.27. The number of halogens is 1. The summed E-state index contributed by atoms with van der Waals surface area (Å²) in [6, 6.07) is 13.3. The number of nitrogens with one attached hydrogen (secondary N) is 2. The second-order valence-corrected chi connectivity index (χ2v) is 7.83. The van der Waals surface area contributed by atoms with Crippen molar-refractivity contribution in [2.75, 3.05) is 10.6 Å². The number of carbonyl (C=O) groups is 2. The van der Waals surface area contributed by atoms with Crippen molar-refractivity contribution >= 4 is 28.9 Å². The van der Waals surface area contributed by atoms with Gasteiger partial charge in [0.25, 0.3) is 0 Å². The normalized spacial score (nSPS) is 11.9. The van der Waals surface area contributed by atoms with Crippen LogP contribution in [0.4, 0.5) is 21.5 Å². The van der Waals surface area contributed by atoms with Crippen LogP contribution < -0.4 is 10.6 Å². The first-order valence-corrected chi connectivity index (χ1v) is 9.72. The monoisotopic (exact) mass is 411 g/mol. The second-order valence-electron chi connectivity index (χ2n) is 7.83. The lowest BCUT2D eigenvalue weighted by Gasteiger charge is -2.22. The molecule has 2 aromatic rings. The number of rotatable bonds is 7. The number of benzene rings is 2. The highest BCUT2D eigenvalue weighted by molar-refractivity contribution is 5.98. The predicted octanol–water partition coefficient (Wildman–Crippen LogP) is 5.14. The lowest BCUT2D eigenvalue weighted by molar-refractivity contribution is -0.157. The van der Waals surface area contributed by atoms with Crippen molar-refractivity contribution in [1.29, 1.82) is 5.26 Å². The zero-order valence-corrected chi connectivity index (χ0v) is 17.6. The van der Waals surface area contributed by atoms with Gasteiger partial charge in [0.1, 0.15) is 23.1 Å². The van der Waals surface area contributed by atoms with E-state index in [4.69, 9.17) is 4.74 Å². The maximum absolute atomic E-state index is 14.2. The Morgan fingerprint density at radius 3 is 2.40 bits per heavy atom. The minimum Gasteiger partial charge on any atom is -0.460 e. The van der Waals surface area contributed by atoms with Crippen LogP contribution in [0.5, 0.6) is 0 Å². The standard InChI is InChI=1S/C23H26FN3O3/c1-5-15(13-20(28)30-23(2,3)4)22(29)27-19-12-11-18(24)17(14-25)21(19)26-16-9-7-6-8-10-16/h6-12,15,26H,5,13H2,1-4H3,(H,27,29)/t15-/m1/s1. The SMILES string of the molecule is CC[C@H](CC(=O)OC(C)(C)C)C(=O)Nc1ccc(F)c(C#N)c1Nc1ccccc1. The zero-order valence-electron chi connectivity index (χ0n) is 17.6. The van der Waals surface area contributed by atoms with E-state index in [1.807, 2.05) is 12.1 Å². The molecule has 6 nitrogen and oxygen atoms in total. The maximum Gasteiger partial charge on any atom is 0.307 e. The number of hydrogen-bond donors (Lipinski definition) is 2. The third-order valence-electron chi connectivity index (χ3n) is 4.26. The first-order chi connectivity index (χ1) is 14.1. The van der Waals surface area contributed by atoms with E-state index >= 15 is 0 Å². The summed E-state index contributed by atoms with van der Waals surface area (Å²) >= 11 is 0.